The zero-order valence-electron chi connectivity index (χ0n) is 15.3. The Labute approximate surface area is 152 Å². The molecule has 3 N–H and O–H groups in total. The number of carbonyl (C=O) groups is 2. The van der Waals surface area contributed by atoms with Crippen LogP contribution in [0.5, 0.6) is 11.5 Å². The van der Waals surface area contributed by atoms with E-state index in [1.165, 1.54) is 19.1 Å². The molecule has 0 radical (unpaired) electrons. The van der Waals surface area contributed by atoms with Crippen LogP contribution in [0.25, 0.3) is 0 Å². The van der Waals surface area contributed by atoms with E-state index < -0.39 is 0 Å². The minimum atomic E-state index is -0.339. The Morgan fingerprint density at radius 2 is 1.62 bits per heavy atom. The van der Waals surface area contributed by atoms with Gasteiger partial charge < -0.3 is 25.4 Å². The first-order valence-corrected chi connectivity index (χ1v) is 7.99. The third-order valence-electron chi connectivity index (χ3n) is 3.86. The second kappa shape index (κ2) is 8.35. The maximum absolute atomic E-state index is 12.6. The summed E-state index contributed by atoms with van der Waals surface area (Å²) < 4.78 is 10.5. The van der Waals surface area contributed by atoms with Crippen LogP contribution in [-0.2, 0) is 6.54 Å². The molecule has 0 aliphatic rings. The lowest BCUT2D eigenvalue weighted by Crippen LogP contribution is -2.24. The normalized spacial score (nSPS) is 10.2. The third-order valence-corrected chi connectivity index (χ3v) is 3.86. The van der Waals surface area contributed by atoms with Crippen molar-refractivity contribution in [3.8, 4) is 11.5 Å². The summed E-state index contributed by atoms with van der Waals surface area (Å²) in [6.45, 7) is 0.402. The SMILES string of the molecule is COc1cc(NC(=O)c2ccc(CN)cc2)c(C(=O)N(C)C)cc1OC. The molecule has 7 nitrogen and oxygen atoms in total. The largest absolute Gasteiger partial charge is 0.493 e. The molecule has 2 aromatic carbocycles. The number of carbonyl (C=O) groups excluding carboxylic acids is 2. The number of ether oxygens (including phenoxy) is 2. The monoisotopic (exact) mass is 357 g/mol. The highest BCUT2D eigenvalue weighted by Crippen LogP contribution is 2.34. The van der Waals surface area contributed by atoms with Gasteiger partial charge in [0.1, 0.15) is 0 Å². The van der Waals surface area contributed by atoms with Crippen LogP contribution < -0.4 is 20.5 Å². The van der Waals surface area contributed by atoms with Gasteiger partial charge >= 0.3 is 0 Å². The van der Waals surface area contributed by atoms with Crippen LogP contribution in [0.2, 0.25) is 0 Å². The number of nitrogens with one attached hydrogen (secondary N) is 1. The first-order chi connectivity index (χ1) is 12.4. The second-order valence-electron chi connectivity index (χ2n) is 5.81. The molecule has 2 amide bonds. The molecule has 0 spiro atoms. The molecular weight excluding hydrogens is 334 g/mol. The fraction of sp³-hybridized carbons (Fsp3) is 0.263. The van der Waals surface area contributed by atoms with Gasteiger partial charge in [0, 0.05) is 32.3 Å². The summed E-state index contributed by atoms with van der Waals surface area (Å²) in [5.41, 5.74) is 7.60. The van der Waals surface area contributed by atoms with Crippen LogP contribution in [0.3, 0.4) is 0 Å². The number of nitrogens with zero attached hydrogens (tertiary/aromatic N) is 1. The quantitative estimate of drug-likeness (QED) is 0.826. The van der Waals surface area contributed by atoms with Crippen LogP contribution in [0, 0.1) is 0 Å². The van der Waals surface area contributed by atoms with Gasteiger partial charge in [0.25, 0.3) is 11.8 Å². The summed E-state index contributed by atoms with van der Waals surface area (Å²) in [7, 11) is 6.24. The molecule has 0 heterocycles. The zero-order chi connectivity index (χ0) is 19.3. The van der Waals surface area contributed by atoms with Crippen LogP contribution in [0.1, 0.15) is 26.3 Å². The number of methoxy groups -OCH3 is 2. The van der Waals surface area contributed by atoms with E-state index in [1.807, 2.05) is 0 Å². The molecule has 0 saturated heterocycles. The van der Waals surface area contributed by atoms with E-state index in [1.54, 1.807) is 50.5 Å². The predicted octanol–water partition coefficient (Wildman–Crippen LogP) is 2.12. The van der Waals surface area contributed by atoms with Crippen molar-refractivity contribution in [3.63, 3.8) is 0 Å². The molecule has 7 heteroatoms. The summed E-state index contributed by atoms with van der Waals surface area (Å²) in [4.78, 5) is 26.5. The Morgan fingerprint density at radius 3 is 2.12 bits per heavy atom. The number of hydrogen-bond donors (Lipinski definition) is 2. The molecular formula is C19H23N3O4. The molecule has 2 aromatic rings. The lowest BCUT2D eigenvalue weighted by atomic mass is 10.1. The predicted molar refractivity (Wildman–Crippen MR) is 99.9 cm³/mol. The highest BCUT2D eigenvalue weighted by molar-refractivity contribution is 6.09. The van der Waals surface area contributed by atoms with Crippen LogP contribution in [0.4, 0.5) is 5.69 Å². The molecule has 138 valence electrons. The van der Waals surface area contributed by atoms with Crippen molar-refractivity contribution in [2.24, 2.45) is 5.73 Å². The zero-order valence-corrected chi connectivity index (χ0v) is 15.3. The Balaban J connectivity index is 2.41. The number of hydrogen-bond acceptors (Lipinski definition) is 5. The molecule has 26 heavy (non-hydrogen) atoms. The average Bonchev–Trinajstić information content (AvgIpc) is 2.66. The number of amides is 2. The standard InChI is InChI=1S/C19H23N3O4/c1-22(2)19(24)14-9-16(25-3)17(26-4)10-15(14)21-18(23)13-7-5-12(11-20)6-8-13/h5-10H,11,20H2,1-4H3,(H,21,23). The van der Waals surface area contributed by atoms with E-state index in [0.29, 0.717) is 34.9 Å². The fourth-order valence-electron chi connectivity index (χ4n) is 2.39. The summed E-state index contributed by atoms with van der Waals surface area (Å²) in [6.07, 6.45) is 0. The van der Waals surface area contributed by atoms with Crippen LogP contribution in [-0.4, -0.2) is 45.0 Å². The Hall–Kier alpha value is -3.06. The van der Waals surface area contributed by atoms with Crippen LogP contribution in [0.15, 0.2) is 36.4 Å². The molecule has 0 aliphatic carbocycles. The van der Waals surface area contributed by atoms with Gasteiger partial charge in [-0.15, -0.1) is 0 Å². The summed E-state index contributed by atoms with van der Waals surface area (Å²) >= 11 is 0. The van der Waals surface area contributed by atoms with Gasteiger partial charge in [-0.05, 0) is 23.8 Å². The van der Waals surface area contributed by atoms with Gasteiger partial charge in [-0.3, -0.25) is 9.59 Å². The molecule has 0 fully saturated rings. The molecule has 0 bridgehead atoms. The highest BCUT2D eigenvalue weighted by atomic mass is 16.5. The molecule has 0 saturated carbocycles. The van der Waals surface area contributed by atoms with E-state index >= 15 is 0 Å². The van der Waals surface area contributed by atoms with Gasteiger partial charge in [-0.25, -0.2) is 0 Å². The van der Waals surface area contributed by atoms with Gasteiger partial charge in [0.2, 0.25) is 0 Å². The van der Waals surface area contributed by atoms with Crippen molar-refractivity contribution in [1.29, 1.82) is 0 Å². The summed E-state index contributed by atoms with van der Waals surface area (Å²) in [6, 6.07) is 10.1. The molecule has 2 rings (SSSR count). The number of anilines is 1. The highest BCUT2D eigenvalue weighted by Gasteiger charge is 2.20. The molecule has 0 unspecified atom stereocenters. The maximum atomic E-state index is 12.6. The fourth-order valence-corrected chi connectivity index (χ4v) is 2.39. The van der Waals surface area contributed by atoms with Crippen molar-refractivity contribution in [2.75, 3.05) is 33.6 Å². The minimum Gasteiger partial charge on any atom is -0.493 e. The van der Waals surface area contributed by atoms with Gasteiger partial charge in [0.05, 0.1) is 25.5 Å². The molecule has 0 aliphatic heterocycles. The average molecular weight is 357 g/mol. The Morgan fingerprint density at radius 1 is 1.04 bits per heavy atom. The Kier molecular flexibility index (Phi) is 6.19. The topological polar surface area (TPSA) is 93.9 Å². The third kappa shape index (κ3) is 4.12. The van der Waals surface area contributed by atoms with Crippen molar-refractivity contribution in [1.82, 2.24) is 4.90 Å². The first kappa shape index (κ1) is 19.3. The summed E-state index contributed by atoms with van der Waals surface area (Å²) in [5.74, 6) is 0.216. The smallest absolute Gasteiger partial charge is 0.255 e. The van der Waals surface area contributed by atoms with Gasteiger partial charge in [-0.1, -0.05) is 12.1 Å². The van der Waals surface area contributed by atoms with E-state index in [-0.39, 0.29) is 11.8 Å². The number of benzene rings is 2. The maximum Gasteiger partial charge on any atom is 0.255 e. The summed E-state index contributed by atoms with van der Waals surface area (Å²) in [5, 5.41) is 2.77. The Bertz CT molecular complexity index is 801. The van der Waals surface area contributed by atoms with Crippen LogP contribution >= 0.6 is 0 Å². The molecule has 0 aromatic heterocycles. The lowest BCUT2D eigenvalue weighted by molar-refractivity contribution is 0.0828. The van der Waals surface area contributed by atoms with Crippen molar-refractivity contribution < 1.29 is 19.1 Å². The van der Waals surface area contributed by atoms with Gasteiger partial charge in [0.15, 0.2) is 11.5 Å². The number of rotatable bonds is 6. The van der Waals surface area contributed by atoms with Crippen molar-refractivity contribution in [2.45, 2.75) is 6.54 Å². The first-order valence-electron chi connectivity index (χ1n) is 7.99. The number of nitrogens with two attached hydrogens (primary N) is 1. The minimum absolute atomic E-state index is 0.264. The second-order valence-corrected chi connectivity index (χ2v) is 5.81. The van der Waals surface area contributed by atoms with E-state index in [4.69, 9.17) is 15.2 Å². The van der Waals surface area contributed by atoms with E-state index in [2.05, 4.69) is 5.32 Å². The van der Waals surface area contributed by atoms with Gasteiger partial charge in [-0.2, -0.15) is 0 Å². The molecule has 0 atom stereocenters. The van der Waals surface area contributed by atoms with Crippen molar-refractivity contribution in [3.05, 3.63) is 53.1 Å². The lowest BCUT2D eigenvalue weighted by Gasteiger charge is -2.18. The van der Waals surface area contributed by atoms with Crippen molar-refractivity contribution >= 4 is 17.5 Å². The van der Waals surface area contributed by atoms with E-state index in [9.17, 15) is 9.59 Å². The van der Waals surface area contributed by atoms with E-state index in [0.717, 1.165) is 5.56 Å².